The maximum atomic E-state index is 13.8. The molecule has 1 spiro atoms. The molecule has 0 radical (unpaired) electrons. The Morgan fingerprint density at radius 2 is 1.92 bits per heavy atom. The van der Waals surface area contributed by atoms with E-state index in [0.29, 0.717) is 45.1 Å². The largest absolute Gasteiger partial charge is 0.381 e. The first-order valence-corrected chi connectivity index (χ1v) is 12.8. The lowest BCUT2D eigenvalue weighted by molar-refractivity contribution is 0.00611. The Bertz CT molecular complexity index is 1250. The Hall–Kier alpha value is -3.69. The molecule has 1 unspecified atom stereocenters. The van der Waals surface area contributed by atoms with Crippen LogP contribution >= 0.6 is 0 Å². The number of amides is 3. The number of rotatable bonds is 6. The standard InChI is InChI=1S/C28H31N5O4/c34-26(31-24-8-11-37-18-24)22-3-1-2-20(14-22)17-33-27(35)32(19-28(33)9-12-36-13-10-28)25-6-4-21(5-7-25)23-15-29-30-16-23/h1-7,14-16,24H,8-13,17-19H2,(H,29,30)(H,31,34). The number of H-pyrrole nitrogens is 1. The minimum Gasteiger partial charge on any atom is -0.381 e. The van der Waals surface area contributed by atoms with Crippen LogP contribution in [0.1, 0.15) is 35.2 Å². The first-order valence-electron chi connectivity index (χ1n) is 12.8. The van der Waals surface area contributed by atoms with Crippen LogP contribution in [0.2, 0.25) is 0 Å². The highest BCUT2D eigenvalue weighted by Gasteiger charge is 2.50. The molecule has 2 aromatic carbocycles. The summed E-state index contributed by atoms with van der Waals surface area (Å²) < 4.78 is 11.0. The monoisotopic (exact) mass is 501 g/mol. The minimum atomic E-state index is -0.308. The van der Waals surface area contributed by atoms with Gasteiger partial charge in [-0.05, 0) is 54.7 Å². The number of ether oxygens (including phenoxy) is 2. The molecule has 0 aliphatic carbocycles. The van der Waals surface area contributed by atoms with Gasteiger partial charge in [-0.15, -0.1) is 0 Å². The molecule has 0 saturated carbocycles. The van der Waals surface area contributed by atoms with Gasteiger partial charge in [-0.3, -0.25) is 14.8 Å². The van der Waals surface area contributed by atoms with Gasteiger partial charge in [0.05, 0.1) is 30.9 Å². The van der Waals surface area contributed by atoms with Gasteiger partial charge in [0, 0.05) is 49.4 Å². The molecule has 1 aromatic heterocycles. The number of aromatic nitrogens is 2. The van der Waals surface area contributed by atoms with Crippen LogP contribution in [-0.4, -0.2) is 71.6 Å². The van der Waals surface area contributed by atoms with Crippen molar-refractivity contribution in [1.29, 1.82) is 0 Å². The maximum Gasteiger partial charge on any atom is 0.325 e. The molecule has 37 heavy (non-hydrogen) atoms. The Balaban J connectivity index is 1.23. The molecule has 9 heteroatoms. The Morgan fingerprint density at radius 3 is 2.65 bits per heavy atom. The second-order valence-corrected chi connectivity index (χ2v) is 10.1. The van der Waals surface area contributed by atoms with Crippen LogP contribution in [0.3, 0.4) is 0 Å². The Labute approximate surface area is 215 Å². The third-order valence-electron chi connectivity index (χ3n) is 7.72. The van der Waals surface area contributed by atoms with Crippen molar-refractivity contribution in [3.63, 3.8) is 0 Å². The zero-order chi connectivity index (χ0) is 25.2. The summed E-state index contributed by atoms with van der Waals surface area (Å²) in [5.41, 5.74) is 4.15. The Morgan fingerprint density at radius 1 is 1.08 bits per heavy atom. The van der Waals surface area contributed by atoms with Gasteiger partial charge in [-0.2, -0.15) is 5.10 Å². The molecule has 3 aromatic rings. The average molecular weight is 502 g/mol. The molecule has 1 atom stereocenters. The second-order valence-electron chi connectivity index (χ2n) is 10.1. The van der Waals surface area contributed by atoms with Crippen LogP contribution in [0.4, 0.5) is 10.5 Å². The molecule has 192 valence electrons. The van der Waals surface area contributed by atoms with Crippen molar-refractivity contribution in [3.8, 4) is 11.1 Å². The number of hydrogen-bond donors (Lipinski definition) is 2. The lowest BCUT2D eigenvalue weighted by atomic mass is 9.88. The molecule has 2 N–H and O–H groups in total. The predicted molar refractivity (Wildman–Crippen MR) is 138 cm³/mol. The molecular weight excluding hydrogens is 470 g/mol. The third kappa shape index (κ3) is 4.72. The smallest absolute Gasteiger partial charge is 0.325 e. The molecular formula is C28H31N5O4. The first kappa shape index (κ1) is 23.7. The van der Waals surface area contributed by atoms with Gasteiger partial charge >= 0.3 is 6.03 Å². The van der Waals surface area contributed by atoms with Gasteiger partial charge in [-0.25, -0.2) is 4.79 Å². The lowest BCUT2D eigenvalue weighted by Crippen LogP contribution is -2.50. The summed E-state index contributed by atoms with van der Waals surface area (Å²) in [6.07, 6.45) is 6.03. The van der Waals surface area contributed by atoms with Gasteiger partial charge in [0.1, 0.15) is 0 Å². The maximum absolute atomic E-state index is 13.8. The highest BCUT2D eigenvalue weighted by molar-refractivity contribution is 5.96. The predicted octanol–water partition coefficient (Wildman–Crippen LogP) is 3.59. The molecule has 3 fully saturated rings. The van der Waals surface area contributed by atoms with E-state index < -0.39 is 0 Å². The molecule has 3 saturated heterocycles. The fourth-order valence-corrected chi connectivity index (χ4v) is 5.57. The molecule has 3 aliphatic rings. The average Bonchev–Trinajstić information content (AvgIpc) is 3.70. The number of benzene rings is 2. The lowest BCUT2D eigenvalue weighted by Gasteiger charge is -2.40. The van der Waals surface area contributed by atoms with E-state index in [4.69, 9.17) is 9.47 Å². The summed E-state index contributed by atoms with van der Waals surface area (Å²) in [6, 6.07) is 15.6. The molecule has 3 aliphatic heterocycles. The van der Waals surface area contributed by atoms with Crippen molar-refractivity contribution < 1.29 is 19.1 Å². The van der Waals surface area contributed by atoms with E-state index in [9.17, 15) is 9.59 Å². The van der Waals surface area contributed by atoms with Crippen LogP contribution < -0.4 is 10.2 Å². The van der Waals surface area contributed by atoms with Gasteiger partial charge in [-0.1, -0.05) is 24.3 Å². The second kappa shape index (κ2) is 9.99. The van der Waals surface area contributed by atoms with E-state index in [2.05, 4.69) is 15.5 Å². The number of urea groups is 1. The number of aromatic amines is 1. The molecule has 0 bridgehead atoms. The number of anilines is 1. The van der Waals surface area contributed by atoms with Crippen molar-refractivity contribution in [2.75, 3.05) is 37.9 Å². The topological polar surface area (TPSA) is 99.8 Å². The molecule has 4 heterocycles. The van der Waals surface area contributed by atoms with E-state index in [0.717, 1.165) is 41.6 Å². The first-order chi connectivity index (χ1) is 18.1. The fourth-order valence-electron chi connectivity index (χ4n) is 5.57. The van der Waals surface area contributed by atoms with Crippen molar-refractivity contribution in [2.24, 2.45) is 0 Å². The van der Waals surface area contributed by atoms with Crippen LogP contribution in [0.5, 0.6) is 0 Å². The van der Waals surface area contributed by atoms with E-state index in [1.54, 1.807) is 6.20 Å². The molecule has 9 nitrogen and oxygen atoms in total. The van der Waals surface area contributed by atoms with Crippen molar-refractivity contribution in [1.82, 2.24) is 20.4 Å². The van der Waals surface area contributed by atoms with E-state index in [1.165, 1.54) is 0 Å². The summed E-state index contributed by atoms with van der Waals surface area (Å²) in [5.74, 6) is -0.106. The van der Waals surface area contributed by atoms with Crippen LogP contribution in [0.25, 0.3) is 11.1 Å². The van der Waals surface area contributed by atoms with Crippen molar-refractivity contribution >= 4 is 17.6 Å². The molecule has 6 rings (SSSR count). The summed E-state index contributed by atoms with van der Waals surface area (Å²) in [4.78, 5) is 30.5. The normalized spacial score (nSPS) is 21.1. The third-order valence-corrected chi connectivity index (χ3v) is 7.72. The molecule has 3 amide bonds. The number of nitrogens with one attached hydrogen (secondary N) is 2. The zero-order valence-electron chi connectivity index (χ0n) is 20.7. The van der Waals surface area contributed by atoms with Gasteiger partial charge < -0.3 is 19.7 Å². The van der Waals surface area contributed by atoms with E-state index >= 15 is 0 Å². The van der Waals surface area contributed by atoms with Gasteiger partial charge in [0.25, 0.3) is 5.91 Å². The highest BCUT2D eigenvalue weighted by atomic mass is 16.5. The Kier molecular flexibility index (Phi) is 6.40. The highest BCUT2D eigenvalue weighted by Crippen LogP contribution is 2.39. The SMILES string of the molecule is O=C(NC1CCOC1)c1cccc(CN2C(=O)N(c3ccc(-c4cn[nH]c4)cc3)CC23CCOCC3)c1. The summed E-state index contributed by atoms with van der Waals surface area (Å²) >= 11 is 0. The minimum absolute atomic E-state index is 0.0177. The van der Waals surface area contributed by atoms with E-state index in [1.807, 2.05) is 64.5 Å². The van der Waals surface area contributed by atoms with Gasteiger partial charge in [0.2, 0.25) is 0 Å². The summed E-state index contributed by atoms with van der Waals surface area (Å²) in [7, 11) is 0. The number of carbonyl (C=O) groups excluding carboxylic acids is 2. The van der Waals surface area contributed by atoms with Crippen LogP contribution in [0, 0.1) is 0 Å². The number of hydrogen-bond acceptors (Lipinski definition) is 5. The number of nitrogens with zero attached hydrogens (tertiary/aromatic N) is 3. The van der Waals surface area contributed by atoms with Gasteiger partial charge in [0.15, 0.2) is 0 Å². The summed E-state index contributed by atoms with van der Waals surface area (Å²) in [5, 5.41) is 9.91. The van der Waals surface area contributed by atoms with Crippen LogP contribution in [0.15, 0.2) is 60.9 Å². The van der Waals surface area contributed by atoms with Crippen molar-refractivity contribution in [3.05, 3.63) is 72.1 Å². The summed E-state index contributed by atoms with van der Waals surface area (Å²) in [6.45, 7) is 3.54. The number of carbonyl (C=O) groups is 2. The van der Waals surface area contributed by atoms with Crippen LogP contribution in [-0.2, 0) is 16.0 Å². The van der Waals surface area contributed by atoms with E-state index in [-0.39, 0.29) is 23.5 Å². The fraction of sp³-hybridized carbons (Fsp3) is 0.393. The quantitative estimate of drug-likeness (QED) is 0.538. The zero-order valence-corrected chi connectivity index (χ0v) is 20.7. The van der Waals surface area contributed by atoms with Crippen molar-refractivity contribution in [2.45, 2.75) is 37.4 Å².